The number of aliphatic imine (C=N–C) groups is 2. The van der Waals surface area contributed by atoms with Crippen LogP contribution in [-0.4, -0.2) is 41.5 Å². The van der Waals surface area contributed by atoms with Crippen LogP contribution in [0.25, 0.3) is 0 Å². The molecule has 1 atom stereocenters. The summed E-state index contributed by atoms with van der Waals surface area (Å²) in [5.41, 5.74) is -3.28. The van der Waals surface area contributed by atoms with E-state index in [4.69, 9.17) is 0 Å². The molecule has 3 rings (SSSR count). The molecule has 2 aliphatic rings. The lowest BCUT2D eigenvalue weighted by molar-refractivity contribution is -0.202. The van der Waals surface area contributed by atoms with Gasteiger partial charge in [-0.2, -0.15) is 13.2 Å². The fourth-order valence-electron chi connectivity index (χ4n) is 2.40. The number of alkyl halides is 3. The van der Waals surface area contributed by atoms with E-state index in [9.17, 15) is 22.4 Å². The van der Waals surface area contributed by atoms with Crippen LogP contribution in [0.1, 0.15) is 5.56 Å². The topological polar surface area (TPSA) is 54.3 Å². The highest BCUT2D eigenvalue weighted by molar-refractivity contribution is 9.11. The number of hydrogen-bond acceptors (Lipinski definition) is 5. The Morgan fingerprint density at radius 1 is 1.19 bits per heavy atom. The summed E-state index contributed by atoms with van der Waals surface area (Å²) in [5.74, 6) is -2.62. The van der Waals surface area contributed by atoms with E-state index in [1.807, 2.05) is 0 Å². The zero-order valence-corrected chi connectivity index (χ0v) is 14.7. The highest BCUT2D eigenvalue weighted by Gasteiger charge is 2.64. The molecule has 0 aromatic heterocycles. The zero-order valence-electron chi connectivity index (χ0n) is 13.1. The Labute approximate surface area is 153 Å². The van der Waals surface area contributed by atoms with Gasteiger partial charge in [0, 0.05) is 16.2 Å². The Kier molecular flexibility index (Phi) is 4.47. The van der Waals surface area contributed by atoms with Gasteiger partial charge in [0.2, 0.25) is 0 Å². The van der Waals surface area contributed by atoms with Crippen molar-refractivity contribution < 1.29 is 27.1 Å². The monoisotopic (exact) mass is 431 g/mol. The number of carbonyl (C=O) groups excluding carboxylic acids is 1. The van der Waals surface area contributed by atoms with Crippen LogP contribution in [0.3, 0.4) is 0 Å². The molecule has 0 saturated carbocycles. The fourth-order valence-corrected chi connectivity index (χ4v) is 2.74. The second kappa shape index (κ2) is 6.35. The first-order valence-electron chi connectivity index (χ1n) is 7.13. The minimum atomic E-state index is -5.14. The number of halogens is 5. The molecule has 0 amide bonds. The molecule has 0 saturated heterocycles. The number of hydrogen-bond donors (Lipinski definition) is 0. The van der Waals surface area contributed by atoms with Crippen LogP contribution in [0.15, 0.2) is 57.1 Å². The van der Waals surface area contributed by atoms with Gasteiger partial charge < -0.3 is 4.74 Å². The van der Waals surface area contributed by atoms with E-state index in [0.29, 0.717) is 4.48 Å². The minimum Gasteiger partial charge on any atom is -0.465 e. The van der Waals surface area contributed by atoms with Gasteiger partial charge in [0.15, 0.2) is 0 Å². The molecule has 0 unspecified atom stereocenters. The van der Waals surface area contributed by atoms with Crippen molar-refractivity contribution in [3.05, 3.63) is 58.5 Å². The Hall–Kier alpha value is -2.49. The summed E-state index contributed by atoms with van der Waals surface area (Å²) in [7, 11) is 0.822. The Morgan fingerprint density at radius 3 is 2.42 bits per heavy atom. The van der Waals surface area contributed by atoms with Gasteiger partial charge in [-0.25, -0.2) is 19.2 Å². The van der Waals surface area contributed by atoms with Gasteiger partial charge in [-0.1, -0.05) is 0 Å². The maximum absolute atomic E-state index is 13.8. The van der Waals surface area contributed by atoms with Crippen LogP contribution in [-0.2, 0) is 9.53 Å². The van der Waals surface area contributed by atoms with Crippen LogP contribution >= 0.6 is 15.9 Å². The highest BCUT2D eigenvalue weighted by atomic mass is 79.9. The number of rotatable bonds is 2. The lowest BCUT2D eigenvalue weighted by Gasteiger charge is -2.36. The van der Waals surface area contributed by atoms with Crippen LogP contribution < -0.4 is 0 Å². The standard InChI is InChI=1S/C16H10BrF4N3O2/c1-26-14(25)15(16(19,20)21)22-12-7-4-10(17)8-24(12)13(23-15)9-2-5-11(18)6-3-9/h2-8H,1H3/t15-/m0/s1. The van der Waals surface area contributed by atoms with Gasteiger partial charge in [-0.15, -0.1) is 0 Å². The van der Waals surface area contributed by atoms with Crippen molar-refractivity contribution in [3.63, 3.8) is 0 Å². The first-order chi connectivity index (χ1) is 12.2. The summed E-state index contributed by atoms with van der Waals surface area (Å²) in [6.45, 7) is 0. The molecule has 0 aliphatic carbocycles. The number of amidine groups is 2. The molecule has 1 aromatic carbocycles. The van der Waals surface area contributed by atoms with Crippen molar-refractivity contribution in [2.45, 2.75) is 11.8 Å². The largest absolute Gasteiger partial charge is 0.465 e. The van der Waals surface area contributed by atoms with Gasteiger partial charge in [0.25, 0.3) is 0 Å². The normalized spacial score (nSPS) is 22.2. The minimum absolute atomic E-state index is 0.162. The van der Waals surface area contributed by atoms with E-state index in [1.165, 1.54) is 35.4 Å². The number of carbonyl (C=O) groups is 1. The SMILES string of the molecule is COC(=O)[C@]1(C(F)(F)F)N=C2C=CC(Br)=CN2C(c2ccc(F)cc2)=N1. The van der Waals surface area contributed by atoms with Crippen LogP contribution in [0.4, 0.5) is 17.6 Å². The third kappa shape index (κ3) is 2.94. The Morgan fingerprint density at radius 2 is 1.85 bits per heavy atom. The second-order valence-corrected chi connectivity index (χ2v) is 6.21. The first-order valence-corrected chi connectivity index (χ1v) is 7.92. The molecule has 2 heterocycles. The average molecular weight is 432 g/mol. The van der Waals surface area contributed by atoms with Crippen LogP contribution in [0.5, 0.6) is 0 Å². The maximum Gasteiger partial charge on any atom is 0.445 e. The van der Waals surface area contributed by atoms with Crippen LogP contribution in [0, 0.1) is 5.82 Å². The molecule has 1 aromatic rings. The Balaban J connectivity index is 2.27. The van der Waals surface area contributed by atoms with E-state index in [-0.39, 0.29) is 17.2 Å². The molecule has 0 fully saturated rings. The molecule has 10 heteroatoms. The van der Waals surface area contributed by atoms with Gasteiger partial charge in [0.05, 0.1) is 7.11 Å². The number of ether oxygens (including phenoxy) is 1. The van der Waals surface area contributed by atoms with Crippen LogP contribution in [0.2, 0.25) is 0 Å². The zero-order chi connectivity index (χ0) is 19.1. The van der Waals surface area contributed by atoms with Crippen molar-refractivity contribution in [1.82, 2.24) is 4.90 Å². The van der Waals surface area contributed by atoms with E-state index < -0.39 is 23.6 Å². The third-order valence-corrected chi connectivity index (χ3v) is 4.10. The lowest BCUT2D eigenvalue weighted by atomic mass is 10.1. The summed E-state index contributed by atoms with van der Waals surface area (Å²) in [6, 6.07) is 4.68. The molecular weight excluding hydrogens is 422 g/mol. The Bertz CT molecular complexity index is 874. The number of nitrogens with zero attached hydrogens (tertiary/aromatic N) is 3. The van der Waals surface area contributed by atoms with Crippen molar-refractivity contribution in [3.8, 4) is 0 Å². The summed E-state index contributed by atoms with van der Waals surface area (Å²) >= 11 is 3.22. The lowest BCUT2D eigenvalue weighted by Crippen LogP contribution is -2.55. The second-order valence-electron chi connectivity index (χ2n) is 5.29. The number of benzene rings is 1. The number of methoxy groups -OCH3 is 1. The van der Waals surface area contributed by atoms with Crippen molar-refractivity contribution in [1.29, 1.82) is 0 Å². The molecule has 26 heavy (non-hydrogen) atoms. The first kappa shape index (κ1) is 18.3. The smallest absolute Gasteiger partial charge is 0.445 e. The average Bonchev–Trinajstić information content (AvgIpc) is 2.60. The van der Waals surface area contributed by atoms with E-state index in [2.05, 4.69) is 30.7 Å². The van der Waals surface area contributed by atoms with Gasteiger partial charge in [-0.05, 0) is 52.3 Å². The number of allylic oxidation sites excluding steroid dienone is 2. The predicted molar refractivity (Wildman–Crippen MR) is 89.2 cm³/mol. The van der Waals surface area contributed by atoms with E-state index in [0.717, 1.165) is 19.2 Å². The number of fused-ring (bicyclic) bond motifs is 1. The van der Waals surface area contributed by atoms with Crippen molar-refractivity contribution >= 4 is 33.6 Å². The van der Waals surface area contributed by atoms with Gasteiger partial charge in [0.1, 0.15) is 17.5 Å². The molecule has 0 spiro atoms. The van der Waals surface area contributed by atoms with Gasteiger partial charge >= 0.3 is 17.8 Å². The fraction of sp³-hybridized carbons (Fsp3) is 0.188. The van der Waals surface area contributed by atoms with Gasteiger partial charge in [-0.3, -0.25) is 4.90 Å². The van der Waals surface area contributed by atoms with E-state index in [1.54, 1.807) is 0 Å². The van der Waals surface area contributed by atoms with Crippen molar-refractivity contribution in [2.75, 3.05) is 7.11 Å². The quantitative estimate of drug-likeness (QED) is 0.531. The molecule has 0 N–H and O–H groups in total. The summed E-state index contributed by atoms with van der Waals surface area (Å²) in [6.07, 6.45) is -0.928. The highest BCUT2D eigenvalue weighted by Crippen LogP contribution is 2.40. The maximum atomic E-state index is 13.8. The molecule has 136 valence electrons. The summed E-state index contributed by atoms with van der Waals surface area (Å²) in [5, 5.41) is 0. The molecule has 0 radical (unpaired) electrons. The summed E-state index contributed by atoms with van der Waals surface area (Å²) in [4.78, 5) is 20.4. The predicted octanol–water partition coefficient (Wildman–Crippen LogP) is 3.52. The van der Waals surface area contributed by atoms with E-state index >= 15 is 0 Å². The molecule has 0 bridgehead atoms. The molecule has 2 aliphatic heterocycles. The van der Waals surface area contributed by atoms with Crippen molar-refractivity contribution in [2.24, 2.45) is 9.98 Å². The molecular formula is C16H10BrF4N3O2. The molecule has 5 nitrogen and oxygen atoms in total. The summed E-state index contributed by atoms with van der Waals surface area (Å²) < 4.78 is 59.4. The number of esters is 1. The third-order valence-electron chi connectivity index (χ3n) is 3.63.